The van der Waals surface area contributed by atoms with E-state index in [1.165, 1.54) is 0 Å². The third-order valence-corrected chi connectivity index (χ3v) is 4.09. The lowest BCUT2D eigenvalue weighted by Crippen LogP contribution is -1.96. The van der Waals surface area contributed by atoms with Crippen LogP contribution in [0, 0.1) is 16.2 Å². The molecule has 1 aromatic heterocycles. The Balaban J connectivity index is 2.09. The number of hydrogen-bond donors (Lipinski definition) is 1. The van der Waals surface area contributed by atoms with Crippen molar-refractivity contribution in [3.63, 3.8) is 0 Å². The Kier molecular flexibility index (Phi) is 4.42. The van der Waals surface area contributed by atoms with Crippen molar-refractivity contribution in [1.29, 1.82) is 0 Å². The first-order chi connectivity index (χ1) is 11.2. The Morgan fingerprint density at radius 3 is 2.61 bits per heavy atom. The average molecular weight is 307 g/mol. The van der Waals surface area contributed by atoms with E-state index in [1.54, 1.807) is 12.1 Å². The van der Waals surface area contributed by atoms with Crippen LogP contribution in [0.1, 0.15) is 31.7 Å². The number of benzene rings is 2. The van der Waals surface area contributed by atoms with Crippen molar-refractivity contribution in [2.45, 2.75) is 32.6 Å². The van der Waals surface area contributed by atoms with Gasteiger partial charge in [-0.25, -0.2) is 0 Å². The maximum atomic E-state index is 11.4. The number of aromatic nitrogens is 1. The second kappa shape index (κ2) is 6.65. The molecule has 0 amide bonds. The van der Waals surface area contributed by atoms with Gasteiger partial charge in [-0.1, -0.05) is 50.1 Å². The summed E-state index contributed by atoms with van der Waals surface area (Å²) < 4.78 is 0. The maximum absolute atomic E-state index is 11.4. The highest BCUT2D eigenvalue weighted by Gasteiger charge is 2.18. The molecule has 1 radical (unpaired) electrons. The standard InChI is InChI=1S/C19H19N2O2/c1-2-3-5-10-15-16-13-18(14-8-6-4-7-9-14)20-17(16)11-12-19(15)21(22)23/h4,6-9,11-12,20H,2-3,5,10H2,1H3. The minimum Gasteiger partial charge on any atom is -0.354 e. The number of hydrogen-bond acceptors (Lipinski definition) is 2. The fourth-order valence-corrected chi connectivity index (χ4v) is 2.90. The van der Waals surface area contributed by atoms with Crippen molar-refractivity contribution in [2.75, 3.05) is 0 Å². The smallest absolute Gasteiger partial charge is 0.273 e. The molecule has 2 aromatic carbocycles. The molecule has 3 aromatic rings. The molecule has 0 spiro atoms. The summed E-state index contributed by atoms with van der Waals surface area (Å²) in [6.07, 6.45) is 3.83. The van der Waals surface area contributed by atoms with Crippen molar-refractivity contribution in [2.24, 2.45) is 0 Å². The summed E-state index contributed by atoms with van der Waals surface area (Å²) in [4.78, 5) is 14.4. The van der Waals surface area contributed by atoms with Crippen molar-refractivity contribution in [3.05, 3.63) is 64.2 Å². The molecule has 0 fully saturated rings. The fraction of sp³-hybridized carbons (Fsp3) is 0.263. The Bertz CT molecular complexity index is 822. The van der Waals surface area contributed by atoms with Gasteiger partial charge in [-0.05, 0) is 24.5 Å². The van der Waals surface area contributed by atoms with E-state index in [-0.39, 0.29) is 10.6 Å². The summed E-state index contributed by atoms with van der Waals surface area (Å²) in [6.45, 7) is 2.13. The van der Waals surface area contributed by atoms with Crippen LogP contribution < -0.4 is 0 Å². The molecule has 0 saturated heterocycles. The third kappa shape index (κ3) is 3.11. The van der Waals surface area contributed by atoms with Crippen LogP contribution >= 0.6 is 0 Å². The van der Waals surface area contributed by atoms with E-state index >= 15 is 0 Å². The molecule has 0 aliphatic heterocycles. The first-order valence-corrected chi connectivity index (χ1v) is 7.97. The number of rotatable bonds is 6. The van der Waals surface area contributed by atoms with Crippen molar-refractivity contribution in [1.82, 2.24) is 4.98 Å². The van der Waals surface area contributed by atoms with Crippen LogP contribution in [0.2, 0.25) is 0 Å². The number of aromatic amines is 1. The Hall–Kier alpha value is -2.62. The normalized spacial score (nSPS) is 11.0. The quantitative estimate of drug-likeness (QED) is 0.383. The van der Waals surface area contributed by atoms with E-state index < -0.39 is 0 Å². The van der Waals surface area contributed by atoms with Gasteiger partial charge in [0.2, 0.25) is 0 Å². The molecule has 3 rings (SSSR count). The topological polar surface area (TPSA) is 58.9 Å². The van der Waals surface area contributed by atoms with Crippen LogP contribution in [0.3, 0.4) is 0 Å². The van der Waals surface area contributed by atoms with Crippen LogP contribution in [0.25, 0.3) is 22.2 Å². The summed E-state index contributed by atoms with van der Waals surface area (Å²) in [6, 6.07) is 16.6. The van der Waals surface area contributed by atoms with Gasteiger partial charge >= 0.3 is 0 Å². The lowest BCUT2D eigenvalue weighted by molar-refractivity contribution is -0.385. The van der Waals surface area contributed by atoms with Gasteiger partial charge in [-0.3, -0.25) is 10.1 Å². The number of aryl methyl sites for hydroxylation is 1. The third-order valence-electron chi connectivity index (χ3n) is 4.09. The lowest BCUT2D eigenvalue weighted by atomic mass is 10.0. The molecule has 0 saturated carbocycles. The minimum atomic E-state index is -0.288. The van der Waals surface area contributed by atoms with Crippen LogP contribution in [0.5, 0.6) is 0 Å². The average Bonchev–Trinajstić information content (AvgIpc) is 3.00. The second-order valence-electron chi connectivity index (χ2n) is 5.69. The highest BCUT2D eigenvalue weighted by Crippen LogP contribution is 2.32. The maximum Gasteiger partial charge on any atom is 0.273 e. The molecule has 1 N–H and O–H groups in total. The Morgan fingerprint density at radius 2 is 1.91 bits per heavy atom. The molecule has 0 atom stereocenters. The van der Waals surface area contributed by atoms with Crippen LogP contribution in [0.15, 0.2) is 42.5 Å². The number of nitrogens with zero attached hydrogens (tertiary/aromatic N) is 1. The molecular formula is C19H19N2O2. The monoisotopic (exact) mass is 307 g/mol. The number of H-pyrrole nitrogens is 1. The number of unbranched alkanes of at least 4 members (excludes halogenated alkanes) is 2. The molecule has 0 bridgehead atoms. The van der Waals surface area contributed by atoms with E-state index in [0.29, 0.717) is 6.42 Å². The Morgan fingerprint density at radius 1 is 1.13 bits per heavy atom. The zero-order valence-electron chi connectivity index (χ0n) is 13.1. The van der Waals surface area contributed by atoms with Crippen LogP contribution in [0.4, 0.5) is 5.69 Å². The molecule has 4 nitrogen and oxygen atoms in total. The molecule has 1 heterocycles. The van der Waals surface area contributed by atoms with Crippen LogP contribution in [-0.4, -0.2) is 9.91 Å². The van der Waals surface area contributed by atoms with Gasteiger partial charge < -0.3 is 4.98 Å². The zero-order chi connectivity index (χ0) is 16.2. The number of nitrogens with one attached hydrogen (secondary N) is 1. The summed E-state index contributed by atoms with van der Waals surface area (Å²) in [5, 5.41) is 12.2. The Labute approximate surface area is 135 Å². The van der Waals surface area contributed by atoms with E-state index in [1.807, 2.05) is 30.3 Å². The molecule has 23 heavy (non-hydrogen) atoms. The SMILES string of the molecule is CCCCCc1c([N+](=O)[O-])ccc2[nH]c(-c3ccccc3)[c]c12. The largest absolute Gasteiger partial charge is 0.354 e. The summed E-state index contributed by atoms with van der Waals surface area (Å²) >= 11 is 0. The van der Waals surface area contributed by atoms with Crippen molar-refractivity contribution >= 4 is 16.6 Å². The van der Waals surface area contributed by atoms with Gasteiger partial charge in [0.1, 0.15) is 0 Å². The van der Waals surface area contributed by atoms with Gasteiger partial charge in [0, 0.05) is 28.6 Å². The van der Waals surface area contributed by atoms with Crippen molar-refractivity contribution < 1.29 is 4.92 Å². The fourth-order valence-electron chi connectivity index (χ4n) is 2.90. The van der Waals surface area contributed by atoms with Gasteiger partial charge in [0.15, 0.2) is 0 Å². The minimum absolute atomic E-state index is 0.198. The first-order valence-electron chi connectivity index (χ1n) is 7.97. The summed E-state index contributed by atoms with van der Waals surface area (Å²) in [7, 11) is 0. The van der Waals surface area contributed by atoms with E-state index in [9.17, 15) is 10.1 Å². The van der Waals surface area contributed by atoms with Crippen molar-refractivity contribution in [3.8, 4) is 11.3 Å². The van der Waals surface area contributed by atoms with Gasteiger partial charge in [-0.15, -0.1) is 0 Å². The highest BCUT2D eigenvalue weighted by atomic mass is 16.6. The molecule has 117 valence electrons. The van der Waals surface area contributed by atoms with E-state index in [4.69, 9.17) is 0 Å². The second-order valence-corrected chi connectivity index (χ2v) is 5.69. The summed E-state index contributed by atoms with van der Waals surface area (Å²) in [5.41, 5.74) is 3.80. The van der Waals surface area contributed by atoms with Crippen LogP contribution in [-0.2, 0) is 6.42 Å². The number of fused-ring (bicyclic) bond motifs is 1. The highest BCUT2D eigenvalue weighted by molar-refractivity contribution is 5.90. The van der Waals surface area contributed by atoms with Gasteiger partial charge in [0.25, 0.3) is 5.69 Å². The van der Waals surface area contributed by atoms with E-state index in [0.717, 1.165) is 47.0 Å². The molecule has 0 aliphatic carbocycles. The predicted octanol–water partition coefficient (Wildman–Crippen LogP) is 5.28. The molecule has 4 heteroatoms. The van der Waals surface area contributed by atoms with Gasteiger partial charge in [-0.2, -0.15) is 0 Å². The molecule has 0 unspecified atom stereocenters. The zero-order valence-corrected chi connectivity index (χ0v) is 13.1. The number of nitro benzene ring substituents is 1. The summed E-state index contributed by atoms with van der Waals surface area (Å²) in [5.74, 6) is 0. The van der Waals surface area contributed by atoms with Gasteiger partial charge in [0.05, 0.1) is 10.6 Å². The first kappa shape index (κ1) is 15.3. The van der Waals surface area contributed by atoms with E-state index in [2.05, 4.69) is 18.0 Å². The lowest BCUT2D eigenvalue weighted by Gasteiger charge is -2.04. The number of nitro groups is 1. The molecular weight excluding hydrogens is 288 g/mol. The molecule has 0 aliphatic rings. The predicted molar refractivity (Wildman–Crippen MR) is 92.5 cm³/mol.